The van der Waals surface area contributed by atoms with E-state index >= 15 is 0 Å². The molecule has 0 aromatic rings. The van der Waals surface area contributed by atoms with Crippen LogP contribution in [-0.2, 0) is 4.79 Å². The Morgan fingerprint density at radius 3 is 2.62 bits per heavy atom. The average molecular weight is 219 g/mol. The van der Waals surface area contributed by atoms with Crippen LogP contribution in [0.15, 0.2) is 17.4 Å². The van der Waals surface area contributed by atoms with Crippen LogP contribution in [0, 0.1) is 11.3 Å². The van der Waals surface area contributed by atoms with E-state index in [2.05, 4.69) is 11.0 Å². The molecule has 2 aliphatic rings. The van der Waals surface area contributed by atoms with E-state index in [4.69, 9.17) is 0 Å². The molecule has 0 heterocycles. The van der Waals surface area contributed by atoms with Gasteiger partial charge in [0.05, 0.1) is 0 Å². The van der Waals surface area contributed by atoms with Crippen molar-refractivity contribution in [3.8, 4) is 0 Å². The van der Waals surface area contributed by atoms with Gasteiger partial charge in [-0.25, -0.2) is 0 Å². The van der Waals surface area contributed by atoms with Crippen LogP contribution < -0.4 is 5.32 Å². The molecule has 0 unspecified atom stereocenters. The highest BCUT2D eigenvalue weighted by molar-refractivity contribution is 5.87. The highest BCUT2D eigenvalue weighted by atomic mass is 16.1. The Bertz CT molecular complexity index is 334. The molecule has 1 spiro atoms. The topological polar surface area (TPSA) is 29.1 Å². The zero-order valence-electron chi connectivity index (χ0n) is 10.3. The van der Waals surface area contributed by atoms with Gasteiger partial charge in [-0.1, -0.05) is 6.42 Å². The van der Waals surface area contributed by atoms with Gasteiger partial charge in [-0.2, -0.15) is 0 Å². The van der Waals surface area contributed by atoms with E-state index in [1.165, 1.54) is 38.2 Å². The van der Waals surface area contributed by atoms with Gasteiger partial charge in [0.15, 0.2) is 0 Å². The predicted molar refractivity (Wildman–Crippen MR) is 65.0 cm³/mol. The average Bonchev–Trinajstić information content (AvgIpc) is 2.09. The fourth-order valence-corrected chi connectivity index (χ4v) is 2.90. The van der Waals surface area contributed by atoms with Crippen molar-refractivity contribution in [2.75, 3.05) is 6.54 Å². The minimum absolute atomic E-state index is 0.00393. The molecular formula is C14H21NO. The number of carbonyl (C=O) groups is 1. The maximum atomic E-state index is 11.4. The summed E-state index contributed by atoms with van der Waals surface area (Å²) < 4.78 is 0. The molecule has 0 radical (unpaired) electrons. The van der Waals surface area contributed by atoms with Crippen molar-refractivity contribution in [3.63, 3.8) is 0 Å². The number of hydrogen-bond acceptors (Lipinski definition) is 1. The highest BCUT2D eigenvalue weighted by Gasteiger charge is 2.47. The van der Waals surface area contributed by atoms with Crippen LogP contribution in [0.1, 0.15) is 46.0 Å². The fourth-order valence-electron chi connectivity index (χ4n) is 2.90. The van der Waals surface area contributed by atoms with Crippen LogP contribution in [0.5, 0.6) is 0 Å². The summed E-state index contributed by atoms with van der Waals surface area (Å²) in [4.78, 5) is 11.4. The summed E-state index contributed by atoms with van der Waals surface area (Å²) in [6, 6.07) is 0. The fraction of sp³-hybridized carbons (Fsp3) is 0.714. The van der Waals surface area contributed by atoms with Crippen LogP contribution in [0.2, 0.25) is 0 Å². The Morgan fingerprint density at radius 1 is 1.44 bits per heavy atom. The monoisotopic (exact) mass is 219 g/mol. The SMILES string of the molecule is CC(C)=C=CC(=O)NCC1CC2(CCC2)C1. The number of amides is 1. The van der Waals surface area contributed by atoms with E-state index in [0.29, 0.717) is 5.41 Å². The predicted octanol–water partition coefficient (Wildman–Crippen LogP) is 2.80. The van der Waals surface area contributed by atoms with Crippen molar-refractivity contribution in [1.29, 1.82) is 0 Å². The molecule has 0 aromatic carbocycles. The van der Waals surface area contributed by atoms with Gasteiger partial charge in [-0.15, -0.1) is 5.73 Å². The first-order valence-corrected chi connectivity index (χ1v) is 6.27. The van der Waals surface area contributed by atoms with Gasteiger partial charge in [0, 0.05) is 12.6 Å². The summed E-state index contributed by atoms with van der Waals surface area (Å²) in [6.07, 6.45) is 8.44. The normalized spacial score (nSPS) is 21.6. The largest absolute Gasteiger partial charge is 0.352 e. The van der Waals surface area contributed by atoms with Gasteiger partial charge in [-0.05, 0) is 56.4 Å². The van der Waals surface area contributed by atoms with Crippen LogP contribution >= 0.6 is 0 Å². The Morgan fingerprint density at radius 2 is 2.12 bits per heavy atom. The van der Waals surface area contributed by atoms with Gasteiger partial charge in [-0.3, -0.25) is 4.79 Å². The lowest BCUT2D eigenvalue weighted by molar-refractivity contribution is -0.117. The third kappa shape index (κ3) is 2.56. The minimum atomic E-state index is -0.00393. The second kappa shape index (κ2) is 4.47. The van der Waals surface area contributed by atoms with Gasteiger partial charge in [0.25, 0.3) is 5.91 Å². The van der Waals surface area contributed by atoms with E-state index in [1.54, 1.807) is 0 Å². The summed E-state index contributed by atoms with van der Waals surface area (Å²) in [5, 5.41) is 2.96. The summed E-state index contributed by atoms with van der Waals surface area (Å²) in [6.45, 7) is 4.73. The van der Waals surface area contributed by atoms with Gasteiger partial charge in [0.2, 0.25) is 0 Å². The molecule has 2 heteroatoms. The Kier molecular flexibility index (Phi) is 3.20. The zero-order chi connectivity index (χ0) is 11.6. The lowest BCUT2D eigenvalue weighted by Crippen LogP contribution is -2.46. The van der Waals surface area contributed by atoms with Crippen molar-refractivity contribution < 1.29 is 4.79 Å². The van der Waals surface area contributed by atoms with Crippen LogP contribution in [-0.4, -0.2) is 12.5 Å². The molecule has 16 heavy (non-hydrogen) atoms. The van der Waals surface area contributed by atoms with Gasteiger partial charge < -0.3 is 5.32 Å². The Hall–Kier alpha value is -1.01. The third-order valence-corrected chi connectivity index (χ3v) is 3.91. The molecule has 0 aromatic heterocycles. The summed E-state index contributed by atoms with van der Waals surface area (Å²) in [7, 11) is 0. The van der Waals surface area contributed by atoms with E-state index in [0.717, 1.165) is 18.0 Å². The molecule has 2 nitrogen and oxygen atoms in total. The van der Waals surface area contributed by atoms with Crippen molar-refractivity contribution in [2.24, 2.45) is 11.3 Å². The van der Waals surface area contributed by atoms with E-state index in [9.17, 15) is 4.79 Å². The number of rotatable bonds is 3. The summed E-state index contributed by atoms with van der Waals surface area (Å²) in [5.74, 6) is 0.722. The lowest BCUT2D eigenvalue weighted by Gasteiger charge is -2.54. The maximum absolute atomic E-state index is 11.4. The highest BCUT2D eigenvalue weighted by Crippen LogP contribution is 2.58. The zero-order valence-corrected chi connectivity index (χ0v) is 10.3. The number of hydrogen-bond donors (Lipinski definition) is 1. The first-order valence-electron chi connectivity index (χ1n) is 6.27. The molecule has 0 bridgehead atoms. The number of nitrogens with one attached hydrogen (secondary N) is 1. The van der Waals surface area contributed by atoms with Gasteiger partial charge in [0.1, 0.15) is 0 Å². The molecule has 2 saturated carbocycles. The molecule has 0 aliphatic heterocycles. The molecule has 1 N–H and O–H groups in total. The van der Waals surface area contributed by atoms with Crippen LogP contribution in [0.25, 0.3) is 0 Å². The molecule has 1 amide bonds. The molecule has 0 saturated heterocycles. The first kappa shape index (κ1) is 11.5. The maximum Gasteiger partial charge on any atom is 0.251 e. The first-order chi connectivity index (χ1) is 7.60. The quantitative estimate of drug-likeness (QED) is 0.574. The van der Waals surface area contributed by atoms with Crippen LogP contribution in [0.4, 0.5) is 0 Å². The number of carbonyl (C=O) groups excluding carboxylic acids is 1. The summed E-state index contributed by atoms with van der Waals surface area (Å²) >= 11 is 0. The van der Waals surface area contributed by atoms with Gasteiger partial charge >= 0.3 is 0 Å². The standard InChI is InChI=1S/C14H21NO/c1-11(2)4-5-13(16)15-10-12-8-14(9-12)6-3-7-14/h5,12H,3,6-10H2,1-2H3,(H,15,16). The minimum Gasteiger partial charge on any atom is -0.352 e. The molecule has 88 valence electrons. The molecular weight excluding hydrogens is 198 g/mol. The van der Waals surface area contributed by atoms with Crippen molar-refractivity contribution in [3.05, 3.63) is 17.4 Å². The van der Waals surface area contributed by atoms with Crippen LogP contribution in [0.3, 0.4) is 0 Å². The van der Waals surface area contributed by atoms with Crippen molar-refractivity contribution >= 4 is 5.91 Å². The lowest BCUT2D eigenvalue weighted by atomic mass is 9.52. The third-order valence-electron chi connectivity index (χ3n) is 3.91. The van der Waals surface area contributed by atoms with Crippen molar-refractivity contribution in [1.82, 2.24) is 5.32 Å². The Labute approximate surface area is 97.8 Å². The van der Waals surface area contributed by atoms with Crippen molar-refractivity contribution in [2.45, 2.75) is 46.0 Å². The van der Waals surface area contributed by atoms with E-state index < -0.39 is 0 Å². The molecule has 2 fully saturated rings. The molecule has 0 atom stereocenters. The Balaban J connectivity index is 1.65. The molecule has 2 aliphatic carbocycles. The van der Waals surface area contributed by atoms with E-state index in [1.807, 2.05) is 13.8 Å². The second-order valence-corrected chi connectivity index (χ2v) is 5.66. The van der Waals surface area contributed by atoms with E-state index in [-0.39, 0.29) is 5.91 Å². The smallest absolute Gasteiger partial charge is 0.251 e. The second-order valence-electron chi connectivity index (χ2n) is 5.66. The molecule has 2 rings (SSSR count). The summed E-state index contributed by atoms with van der Waals surface area (Å²) in [5.41, 5.74) is 4.67.